The molecule has 1 aliphatic carbocycles. The number of aromatic hydroxyl groups is 1. The van der Waals surface area contributed by atoms with E-state index in [1.54, 1.807) is 29.0 Å². The van der Waals surface area contributed by atoms with E-state index in [0.717, 1.165) is 18.4 Å². The van der Waals surface area contributed by atoms with Crippen molar-refractivity contribution in [1.82, 2.24) is 14.9 Å². The summed E-state index contributed by atoms with van der Waals surface area (Å²) in [6.07, 6.45) is 1.45. The molecule has 1 atom stereocenters. The van der Waals surface area contributed by atoms with E-state index in [1.165, 1.54) is 17.9 Å². The third kappa shape index (κ3) is 3.54. The van der Waals surface area contributed by atoms with Crippen LogP contribution >= 0.6 is 0 Å². The molecular weight excluding hydrogens is 431 g/mol. The second-order valence-corrected chi connectivity index (χ2v) is 8.90. The first-order chi connectivity index (χ1) is 15.8. The average Bonchev–Trinajstić information content (AvgIpc) is 3.53. The lowest BCUT2D eigenvalue weighted by atomic mass is 10.1. The number of rotatable bonds is 6. The van der Waals surface area contributed by atoms with Crippen LogP contribution in [-0.4, -0.2) is 53.4 Å². The molecule has 10 heteroatoms. The van der Waals surface area contributed by atoms with Crippen molar-refractivity contribution in [3.8, 4) is 5.75 Å². The molecule has 0 bridgehead atoms. The average molecular weight is 456 g/mol. The summed E-state index contributed by atoms with van der Waals surface area (Å²) in [7, 11) is 1.46. The number of pyridine rings is 1. The van der Waals surface area contributed by atoms with Crippen molar-refractivity contribution in [2.75, 3.05) is 31.9 Å². The van der Waals surface area contributed by atoms with E-state index in [9.17, 15) is 23.9 Å². The van der Waals surface area contributed by atoms with Crippen LogP contribution in [0.15, 0.2) is 23.0 Å². The minimum absolute atomic E-state index is 0.137. The van der Waals surface area contributed by atoms with Crippen molar-refractivity contribution in [3.63, 3.8) is 0 Å². The number of ether oxygens (including phenoxy) is 1. The van der Waals surface area contributed by atoms with Gasteiger partial charge in [-0.25, -0.2) is 9.07 Å². The number of nitrogens with one attached hydrogen (secondary N) is 1. The fraction of sp³-hybridized carbons (Fsp3) is 0.435. The Kier molecular flexibility index (Phi) is 5.12. The SMILES string of the molecule is COC1CN2CN(CC3CC3)C(=O)c3c(O)c(=O)c(C(=O)NCc4ccc(C)cc4F)c1n32. The van der Waals surface area contributed by atoms with Crippen LogP contribution in [0.3, 0.4) is 0 Å². The summed E-state index contributed by atoms with van der Waals surface area (Å²) in [6, 6.07) is 4.65. The lowest BCUT2D eigenvalue weighted by Gasteiger charge is -2.37. The van der Waals surface area contributed by atoms with E-state index < -0.39 is 34.9 Å². The predicted molar refractivity (Wildman–Crippen MR) is 116 cm³/mol. The highest BCUT2D eigenvalue weighted by Gasteiger charge is 2.45. The van der Waals surface area contributed by atoms with Gasteiger partial charge in [0.15, 0.2) is 11.4 Å². The van der Waals surface area contributed by atoms with Gasteiger partial charge in [0.05, 0.1) is 12.2 Å². The molecule has 1 aromatic heterocycles. The van der Waals surface area contributed by atoms with Gasteiger partial charge in [0.1, 0.15) is 24.2 Å². The molecule has 1 unspecified atom stereocenters. The predicted octanol–water partition coefficient (Wildman–Crippen LogP) is 1.39. The Morgan fingerprint density at radius 2 is 2.06 bits per heavy atom. The van der Waals surface area contributed by atoms with E-state index in [1.807, 2.05) is 0 Å². The second kappa shape index (κ2) is 7.87. The summed E-state index contributed by atoms with van der Waals surface area (Å²) >= 11 is 0. The molecule has 2 N–H and O–H groups in total. The number of carbonyl (C=O) groups is 2. The molecule has 1 fully saturated rings. The van der Waals surface area contributed by atoms with Gasteiger partial charge in [-0.1, -0.05) is 12.1 Å². The third-order valence-electron chi connectivity index (χ3n) is 6.49. The van der Waals surface area contributed by atoms with Crippen molar-refractivity contribution in [3.05, 3.63) is 62.3 Å². The maximum Gasteiger partial charge on any atom is 0.277 e. The van der Waals surface area contributed by atoms with Gasteiger partial charge >= 0.3 is 0 Å². The zero-order chi connectivity index (χ0) is 23.4. The molecule has 0 spiro atoms. The number of halogens is 1. The number of carbonyl (C=O) groups excluding carboxylic acids is 2. The fourth-order valence-electron chi connectivity index (χ4n) is 4.56. The van der Waals surface area contributed by atoms with Gasteiger partial charge in [0.25, 0.3) is 11.8 Å². The van der Waals surface area contributed by atoms with Gasteiger partial charge in [-0.05, 0) is 37.3 Å². The van der Waals surface area contributed by atoms with E-state index in [0.29, 0.717) is 19.0 Å². The minimum Gasteiger partial charge on any atom is -0.502 e. The van der Waals surface area contributed by atoms with E-state index in [2.05, 4.69) is 5.32 Å². The van der Waals surface area contributed by atoms with E-state index >= 15 is 0 Å². The van der Waals surface area contributed by atoms with Crippen molar-refractivity contribution in [2.24, 2.45) is 5.92 Å². The molecule has 174 valence electrons. The Morgan fingerprint density at radius 3 is 2.73 bits per heavy atom. The van der Waals surface area contributed by atoms with Crippen LogP contribution in [0, 0.1) is 18.7 Å². The number of hydrogen-bond donors (Lipinski definition) is 2. The largest absolute Gasteiger partial charge is 0.502 e. The maximum absolute atomic E-state index is 14.2. The molecule has 0 radical (unpaired) electrons. The van der Waals surface area contributed by atoms with Gasteiger partial charge in [0, 0.05) is 25.8 Å². The van der Waals surface area contributed by atoms with E-state index in [4.69, 9.17) is 4.74 Å². The Balaban J connectivity index is 1.53. The highest BCUT2D eigenvalue weighted by molar-refractivity contribution is 6.00. The topological polar surface area (TPSA) is 104 Å². The van der Waals surface area contributed by atoms with E-state index in [-0.39, 0.29) is 35.7 Å². The first-order valence-corrected chi connectivity index (χ1v) is 10.9. The van der Waals surface area contributed by atoms with Crippen LogP contribution in [0.4, 0.5) is 4.39 Å². The number of nitrogens with zero attached hydrogens (tertiary/aromatic N) is 3. The zero-order valence-electron chi connectivity index (χ0n) is 18.4. The number of aromatic nitrogens is 1. The van der Waals surface area contributed by atoms with Crippen LogP contribution in [-0.2, 0) is 11.3 Å². The summed E-state index contributed by atoms with van der Waals surface area (Å²) in [4.78, 5) is 40.9. The molecular formula is C23H25FN4O5. The number of methoxy groups -OCH3 is 1. The summed E-state index contributed by atoms with van der Waals surface area (Å²) in [5.74, 6) is -2.01. The monoisotopic (exact) mass is 456 g/mol. The number of hydrogen-bond acceptors (Lipinski definition) is 6. The molecule has 9 nitrogen and oxygen atoms in total. The third-order valence-corrected chi connectivity index (χ3v) is 6.49. The Morgan fingerprint density at radius 1 is 1.30 bits per heavy atom. The van der Waals surface area contributed by atoms with Crippen molar-refractivity contribution < 1.29 is 23.8 Å². The normalized spacial score (nSPS) is 19.1. The first-order valence-electron chi connectivity index (χ1n) is 10.9. The quantitative estimate of drug-likeness (QED) is 0.681. The van der Waals surface area contributed by atoms with Gasteiger partial charge < -0.3 is 20.1 Å². The Bertz CT molecular complexity index is 1220. The standard InChI is InChI=1S/C23H25FN4O5/c1-12-3-6-14(15(24)7-12)8-25-22(31)17-18-16(33-2)10-27-11-26(9-13-4-5-13)23(32)19(28(18)27)21(30)20(17)29/h3,6-7,13,16,30H,4-5,8-11H2,1-2H3,(H,25,31). The number of aryl methyl sites for hydroxylation is 1. The lowest BCUT2D eigenvalue weighted by molar-refractivity contribution is 0.0679. The molecule has 3 heterocycles. The van der Waals surface area contributed by atoms with Crippen LogP contribution < -0.4 is 15.8 Å². The highest BCUT2D eigenvalue weighted by atomic mass is 19.1. The molecule has 0 saturated heterocycles. The highest BCUT2D eigenvalue weighted by Crippen LogP contribution is 2.36. The van der Waals surface area contributed by atoms with Gasteiger partial charge in [-0.3, -0.25) is 19.4 Å². The summed E-state index contributed by atoms with van der Waals surface area (Å²) in [6.45, 7) is 2.76. The first kappa shape index (κ1) is 21.4. The summed E-state index contributed by atoms with van der Waals surface area (Å²) in [5.41, 5.74) is -0.162. The van der Waals surface area contributed by atoms with Gasteiger partial charge in [-0.15, -0.1) is 0 Å². The molecule has 1 aromatic carbocycles. The molecule has 5 rings (SSSR count). The van der Waals surface area contributed by atoms with Crippen LogP contribution in [0.5, 0.6) is 5.75 Å². The Hall–Kier alpha value is -3.40. The molecule has 2 aliphatic heterocycles. The molecule has 3 aliphatic rings. The Labute approximate surface area is 189 Å². The van der Waals surface area contributed by atoms with Crippen LogP contribution in [0.25, 0.3) is 0 Å². The summed E-state index contributed by atoms with van der Waals surface area (Å²) < 4.78 is 21.2. The lowest BCUT2D eigenvalue weighted by Crippen LogP contribution is -2.53. The van der Waals surface area contributed by atoms with Gasteiger partial charge in [-0.2, -0.15) is 0 Å². The van der Waals surface area contributed by atoms with Gasteiger partial charge in [0.2, 0.25) is 5.43 Å². The van der Waals surface area contributed by atoms with Crippen LogP contribution in [0.2, 0.25) is 0 Å². The molecule has 33 heavy (non-hydrogen) atoms. The molecule has 1 saturated carbocycles. The number of benzene rings is 1. The van der Waals surface area contributed by atoms with Crippen LogP contribution in [0.1, 0.15) is 56.6 Å². The maximum atomic E-state index is 14.2. The minimum atomic E-state index is -0.941. The van der Waals surface area contributed by atoms with Crippen molar-refractivity contribution in [1.29, 1.82) is 0 Å². The molecule has 2 aromatic rings. The van der Waals surface area contributed by atoms with Crippen molar-refractivity contribution in [2.45, 2.75) is 32.4 Å². The molecule has 2 amide bonds. The zero-order valence-corrected chi connectivity index (χ0v) is 18.4. The fourth-order valence-corrected chi connectivity index (χ4v) is 4.56. The second-order valence-electron chi connectivity index (χ2n) is 8.90. The summed E-state index contributed by atoms with van der Waals surface area (Å²) in [5, 5.41) is 15.1. The smallest absolute Gasteiger partial charge is 0.277 e. The van der Waals surface area contributed by atoms with Crippen molar-refractivity contribution >= 4 is 11.8 Å². The number of amides is 2.